The van der Waals surface area contributed by atoms with Crippen LogP contribution < -0.4 is 5.32 Å². The second kappa shape index (κ2) is 5.77. The molecule has 0 aliphatic heterocycles. The Labute approximate surface area is 118 Å². The lowest BCUT2D eigenvalue weighted by molar-refractivity contribution is 0.554. The summed E-state index contributed by atoms with van der Waals surface area (Å²) in [7, 11) is 0. The largest absolute Gasteiger partial charge is 0.376 e. The molecule has 96 valence electrons. The fourth-order valence-electron chi connectivity index (χ4n) is 1.96. The molecule has 1 unspecified atom stereocenters. The first-order chi connectivity index (χ1) is 8.59. The van der Waals surface area contributed by atoms with Crippen molar-refractivity contribution < 1.29 is 0 Å². The van der Waals surface area contributed by atoms with Gasteiger partial charge in [0.05, 0.1) is 16.8 Å². The lowest BCUT2D eigenvalue weighted by atomic mass is 10.0. The molecule has 0 fully saturated rings. The normalized spacial score (nSPS) is 12.7. The van der Waals surface area contributed by atoms with Gasteiger partial charge in [-0.3, -0.25) is 0 Å². The summed E-state index contributed by atoms with van der Waals surface area (Å²) < 4.78 is 0. The highest BCUT2D eigenvalue weighted by atomic mass is 35.5. The molecule has 1 aromatic carbocycles. The average Bonchev–Trinajstić information content (AvgIpc) is 2.84. The summed E-state index contributed by atoms with van der Waals surface area (Å²) in [5.41, 5.74) is 2.12. The van der Waals surface area contributed by atoms with Gasteiger partial charge in [-0.2, -0.15) is 0 Å². The molecule has 18 heavy (non-hydrogen) atoms. The molecule has 0 saturated heterocycles. The van der Waals surface area contributed by atoms with E-state index in [1.807, 2.05) is 25.1 Å². The molecular weight excluding hydrogens is 262 g/mol. The zero-order valence-corrected chi connectivity index (χ0v) is 12.5. The van der Waals surface area contributed by atoms with Crippen LogP contribution in [0.1, 0.15) is 30.3 Å². The minimum absolute atomic E-state index is 0.310. The van der Waals surface area contributed by atoms with Gasteiger partial charge >= 0.3 is 0 Å². The van der Waals surface area contributed by atoms with Crippen molar-refractivity contribution in [3.8, 4) is 0 Å². The fourth-order valence-corrected chi connectivity index (χ4v) is 3.09. The topological polar surface area (TPSA) is 12.0 Å². The molecule has 2 rings (SSSR count). The summed E-state index contributed by atoms with van der Waals surface area (Å²) in [5.74, 6) is 0.514. The molecule has 2 aromatic rings. The van der Waals surface area contributed by atoms with Crippen LogP contribution in [0.25, 0.3) is 0 Å². The van der Waals surface area contributed by atoms with Gasteiger partial charge in [-0.05, 0) is 35.9 Å². The van der Waals surface area contributed by atoms with Crippen molar-refractivity contribution in [1.82, 2.24) is 0 Å². The Bertz CT molecular complexity index is 505. The third kappa shape index (κ3) is 2.88. The lowest BCUT2D eigenvalue weighted by Gasteiger charge is -2.23. The fraction of sp³-hybridized carbons (Fsp3) is 0.333. The molecule has 0 aliphatic rings. The standard InChI is InChI=1S/C15H18ClNS/c1-10(2)15(13-8-5-9-18-13)17-12-7-4-6-11(3)14(12)16/h4-10,15,17H,1-3H3. The molecule has 0 bridgehead atoms. The van der Waals surface area contributed by atoms with Crippen molar-refractivity contribution in [2.75, 3.05) is 5.32 Å². The van der Waals surface area contributed by atoms with Gasteiger partial charge in [0.2, 0.25) is 0 Å². The molecule has 0 spiro atoms. The summed E-state index contributed by atoms with van der Waals surface area (Å²) in [6.07, 6.45) is 0. The number of aryl methyl sites for hydroxylation is 1. The van der Waals surface area contributed by atoms with Crippen LogP contribution in [-0.2, 0) is 0 Å². The SMILES string of the molecule is Cc1cccc(NC(c2cccs2)C(C)C)c1Cl. The van der Waals surface area contributed by atoms with Crippen molar-refractivity contribution in [1.29, 1.82) is 0 Å². The van der Waals surface area contributed by atoms with Gasteiger partial charge in [-0.25, -0.2) is 0 Å². The monoisotopic (exact) mass is 279 g/mol. The number of benzene rings is 1. The maximum Gasteiger partial charge on any atom is 0.0666 e. The molecule has 0 amide bonds. The second-order valence-corrected chi connectivity index (χ2v) is 6.18. The maximum absolute atomic E-state index is 6.34. The highest BCUT2D eigenvalue weighted by Gasteiger charge is 2.17. The molecule has 1 atom stereocenters. The van der Waals surface area contributed by atoms with E-state index in [0.29, 0.717) is 12.0 Å². The summed E-state index contributed by atoms with van der Waals surface area (Å²) in [6, 6.07) is 10.7. The van der Waals surface area contributed by atoms with E-state index < -0.39 is 0 Å². The van der Waals surface area contributed by atoms with Crippen molar-refractivity contribution in [2.24, 2.45) is 5.92 Å². The van der Waals surface area contributed by atoms with Gasteiger partial charge in [0.25, 0.3) is 0 Å². The second-order valence-electron chi connectivity index (χ2n) is 4.82. The summed E-state index contributed by atoms with van der Waals surface area (Å²) >= 11 is 8.13. The van der Waals surface area contributed by atoms with Crippen LogP contribution in [0.5, 0.6) is 0 Å². The lowest BCUT2D eigenvalue weighted by Crippen LogP contribution is -2.15. The molecule has 3 heteroatoms. The van der Waals surface area contributed by atoms with E-state index in [0.717, 1.165) is 16.3 Å². The number of nitrogens with one attached hydrogen (secondary N) is 1. The van der Waals surface area contributed by atoms with Crippen molar-refractivity contribution in [2.45, 2.75) is 26.8 Å². The smallest absolute Gasteiger partial charge is 0.0666 e. The summed E-state index contributed by atoms with van der Waals surface area (Å²) in [6.45, 7) is 6.48. The quantitative estimate of drug-likeness (QED) is 0.777. The number of anilines is 1. The zero-order chi connectivity index (χ0) is 13.1. The van der Waals surface area contributed by atoms with E-state index in [9.17, 15) is 0 Å². The predicted molar refractivity (Wildman–Crippen MR) is 81.7 cm³/mol. The number of hydrogen-bond donors (Lipinski definition) is 1. The molecule has 1 aromatic heterocycles. The Hall–Kier alpha value is -0.990. The van der Waals surface area contributed by atoms with Gasteiger partial charge < -0.3 is 5.32 Å². The predicted octanol–water partition coefficient (Wildman–Crippen LogP) is 5.52. The molecule has 0 aliphatic carbocycles. The first-order valence-corrected chi connectivity index (χ1v) is 7.40. The first-order valence-electron chi connectivity index (χ1n) is 6.14. The van der Waals surface area contributed by atoms with Crippen LogP contribution in [0.15, 0.2) is 35.7 Å². The van der Waals surface area contributed by atoms with Crippen LogP contribution >= 0.6 is 22.9 Å². The highest BCUT2D eigenvalue weighted by molar-refractivity contribution is 7.10. The van der Waals surface area contributed by atoms with E-state index in [2.05, 4.69) is 36.7 Å². The first kappa shape index (κ1) is 13.4. The summed E-state index contributed by atoms with van der Waals surface area (Å²) in [5, 5.41) is 6.50. The van der Waals surface area contributed by atoms with Crippen LogP contribution in [0.3, 0.4) is 0 Å². The number of thiophene rings is 1. The van der Waals surface area contributed by atoms with Crippen molar-refractivity contribution in [3.05, 3.63) is 51.2 Å². The molecular formula is C15H18ClNS. The Morgan fingerprint density at radius 3 is 2.56 bits per heavy atom. The molecule has 1 nitrogen and oxygen atoms in total. The molecule has 0 radical (unpaired) electrons. The van der Waals surface area contributed by atoms with Gasteiger partial charge in [0, 0.05) is 4.88 Å². The van der Waals surface area contributed by atoms with E-state index in [1.165, 1.54) is 4.88 Å². The van der Waals surface area contributed by atoms with Crippen molar-refractivity contribution in [3.63, 3.8) is 0 Å². The third-order valence-corrected chi connectivity index (χ3v) is 4.48. The molecule has 0 saturated carbocycles. The number of rotatable bonds is 4. The van der Waals surface area contributed by atoms with E-state index >= 15 is 0 Å². The van der Waals surface area contributed by atoms with Crippen molar-refractivity contribution >= 4 is 28.6 Å². The average molecular weight is 280 g/mol. The Kier molecular flexibility index (Phi) is 4.31. The molecule has 1 heterocycles. The van der Waals surface area contributed by atoms with Gasteiger partial charge in [0.1, 0.15) is 0 Å². The van der Waals surface area contributed by atoms with E-state index in [1.54, 1.807) is 11.3 Å². The number of hydrogen-bond acceptors (Lipinski definition) is 2. The van der Waals surface area contributed by atoms with E-state index in [-0.39, 0.29) is 0 Å². The van der Waals surface area contributed by atoms with Crippen LogP contribution in [-0.4, -0.2) is 0 Å². The van der Waals surface area contributed by atoms with E-state index in [4.69, 9.17) is 11.6 Å². The Morgan fingerprint density at radius 1 is 1.17 bits per heavy atom. The Morgan fingerprint density at radius 2 is 1.94 bits per heavy atom. The minimum Gasteiger partial charge on any atom is -0.376 e. The minimum atomic E-state index is 0.310. The summed E-state index contributed by atoms with van der Waals surface area (Å²) in [4.78, 5) is 1.35. The van der Waals surface area contributed by atoms with Gasteiger partial charge in [0.15, 0.2) is 0 Å². The molecule has 1 N–H and O–H groups in total. The van der Waals surface area contributed by atoms with Gasteiger partial charge in [-0.15, -0.1) is 11.3 Å². The third-order valence-electron chi connectivity index (χ3n) is 3.02. The zero-order valence-electron chi connectivity index (χ0n) is 10.9. The van der Waals surface area contributed by atoms with Crippen LogP contribution in [0.4, 0.5) is 5.69 Å². The van der Waals surface area contributed by atoms with Gasteiger partial charge in [-0.1, -0.05) is 43.6 Å². The van der Waals surface area contributed by atoms with Crippen LogP contribution in [0, 0.1) is 12.8 Å². The van der Waals surface area contributed by atoms with Crippen LogP contribution in [0.2, 0.25) is 5.02 Å². The highest BCUT2D eigenvalue weighted by Crippen LogP contribution is 2.33. The Balaban J connectivity index is 2.27. The maximum atomic E-state index is 6.34. The number of halogens is 1.